The Morgan fingerprint density at radius 1 is 1.25 bits per heavy atom. The fourth-order valence-electron chi connectivity index (χ4n) is 1.20. The number of primary amides is 1. The summed E-state index contributed by atoms with van der Waals surface area (Å²) in [4.78, 5) is 22.5. The van der Waals surface area contributed by atoms with E-state index in [1.54, 1.807) is 24.3 Å². The molecule has 0 aliphatic rings. The van der Waals surface area contributed by atoms with E-state index in [4.69, 9.17) is 5.73 Å². The SMILES string of the molecule is CCC(C)NC(=O)c1ccc(C(N)=O)cc1. The Labute approximate surface area is 94.8 Å². The number of nitrogens with two attached hydrogens (primary N) is 1. The number of amides is 2. The lowest BCUT2D eigenvalue weighted by molar-refractivity contribution is 0.0937. The van der Waals surface area contributed by atoms with Crippen LogP contribution in [0.1, 0.15) is 41.0 Å². The monoisotopic (exact) mass is 220 g/mol. The first-order valence-corrected chi connectivity index (χ1v) is 5.25. The van der Waals surface area contributed by atoms with Gasteiger partial charge in [-0.25, -0.2) is 0 Å². The molecule has 4 nitrogen and oxygen atoms in total. The minimum absolute atomic E-state index is 0.134. The van der Waals surface area contributed by atoms with Gasteiger partial charge in [0.1, 0.15) is 0 Å². The van der Waals surface area contributed by atoms with Crippen LogP contribution in [-0.4, -0.2) is 17.9 Å². The minimum atomic E-state index is -0.492. The molecule has 3 N–H and O–H groups in total. The van der Waals surface area contributed by atoms with Crippen LogP contribution in [0.25, 0.3) is 0 Å². The van der Waals surface area contributed by atoms with Crippen LogP contribution < -0.4 is 11.1 Å². The van der Waals surface area contributed by atoms with Gasteiger partial charge in [0.05, 0.1) is 0 Å². The molecule has 1 rings (SSSR count). The van der Waals surface area contributed by atoms with Crippen molar-refractivity contribution in [1.29, 1.82) is 0 Å². The highest BCUT2D eigenvalue weighted by molar-refractivity contribution is 5.97. The molecule has 86 valence electrons. The summed E-state index contributed by atoms with van der Waals surface area (Å²) in [5, 5.41) is 2.84. The molecule has 0 spiro atoms. The molecule has 0 aliphatic carbocycles. The van der Waals surface area contributed by atoms with Crippen LogP contribution in [0.4, 0.5) is 0 Å². The second-order valence-corrected chi connectivity index (χ2v) is 3.72. The molecule has 0 saturated heterocycles. The second kappa shape index (κ2) is 5.30. The van der Waals surface area contributed by atoms with Gasteiger partial charge in [-0.3, -0.25) is 9.59 Å². The Hall–Kier alpha value is -1.84. The number of carbonyl (C=O) groups is 2. The zero-order valence-corrected chi connectivity index (χ0v) is 9.49. The Morgan fingerprint density at radius 2 is 1.75 bits per heavy atom. The van der Waals surface area contributed by atoms with Crippen molar-refractivity contribution in [3.05, 3.63) is 35.4 Å². The molecule has 0 aromatic heterocycles. The van der Waals surface area contributed by atoms with Crippen molar-refractivity contribution >= 4 is 11.8 Å². The van der Waals surface area contributed by atoms with Crippen molar-refractivity contribution in [1.82, 2.24) is 5.32 Å². The van der Waals surface area contributed by atoms with Gasteiger partial charge in [0, 0.05) is 17.2 Å². The topological polar surface area (TPSA) is 72.2 Å². The lowest BCUT2D eigenvalue weighted by atomic mass is 10.1. The smallest absolute Gasteiger partial charge is 0.251 e. The fourth-order valence-corrected chi connectivity index (χ4v) is 1.20. The van der Waals surface area contributed by atoms with E-state index in [-0.39, 0.29) is 11.9 Å². The molecule has 1 atom stereocenters. The molecule has 2 amide bonds. The van der Waals surface area contributed by atoms with Crippen molar-refractivity contribution in [2.75, 3.05) is 0 Å². The van der Waals surface area contributed by atoms with Gasteiger partial charge in [-0.15, -0.1) is 0 Å². The highest BCUT2D eigenvalue weighted by Crippen LogP contribution is 2.04. The van der Waals surface area contributed by atoms with Crippen LogP contribution in [-0.2, 0) is 0 Å². The maximum atomic E-state index is 11.7. The van der Waals surface area contributed by atoms with Crippen molar-refractivity contribution in [3.63, 3.8) is 0 Å². The summed E-state index contributed by atoms with van der Waals surface area (Å²) < 4.78 is 0. The fraction of sp³-hybridized carbons (Fsp3) is 0.333. The predicted octanol–water partition coefficient (Wildman–Crippen LogP) is 1.31. The standard InChI is InChI=1S/C12H16N2O2/c1-3-8(2)14-12(16)10-6-4-9(5-7-10)11(13)15/h4-8H,3H2,1-2H3,(H2,13,15)(H,14,16). The number of nitrogens with one attached hydrogen (secondary N) is 1. The summed E-state index contributed by atoms with van der Waals surface area (Å²) in [6.07, 6.45) is 0.880. The van der Waals surface area contributed by atoms with Crippen LogP contribution in [0.2, 0.25) is 0 Å². The first-order valence-electron chi connectivity index (χ1n) is 5.25. The van der Waals surface area contributed by atoms with E-state index in [0.29, 0.717) is 11.1 Å². The zero-order valence-electron chi connectivity index (χ0n) is 9.49. The van der Waals surface area contributed by atoms with Gasteiger partial charge in [-0.05, 0) is 37.6 Å². The number of rotatable bonds is 4. The Kier molecular flexibility index (Phi) is 4.05. The van der Waals surface area contributed by atoms with E-state index in [1.165, 1.54) is 0 Å². The lowest BCUT2D eigenvalue weighted by Crippen LogP contribution is -2.31. The number of carbonyl (C=O) groups excluding carboxylic acids is 2. The van der Waals surface area contributed by atoms with Gasteiger partial charge >= 0.3 is 0 Å². The summed E-state index contributed by atoms with van der Waals surface area (Å²) in [6, 6.07) is 6.43. The Bertz CT molecular complexity index is 385. The van der Waals surface area contributed by atoms with Gasteiger partial charge in [-0.2, -0.15) is 0 Å². The minimum Gasteiger partial charge on any atom is -0.366 e. The third kappa shape index (κ3) is 3.08. The molecular formula is C12H16N2O2. The number of hydrogen-bond acceptors (Lipinski definition) is 2. The molecule has 16 heavy (non-hydrogen) atoms. The molecule has 0 bridgehead atoms. The van der Waals surface area contributed by atoms with Gasteiger partial charge in [0.15, 0.2) is 0 Å². The van der Waals surface area contributed by atoms with Crippen LogP contribution in [0.3, 0.4) is 0 Å². The first kappa shape index (κ1) is 12.2. The van der Waals surface area contributed by atoms with Crippen LogP contribution in [0.5, 0.6) is 0 Å². The highest BCUT2D eigenvalue weighted by atomic mass is 16.2. The van der Waals surface area contributed by atoms with Gasteiger partial charge < -0.3 is 11.1 Å². The van der Waals surface area contributed by atoms with E-state index in [9.17, 15) is 9.59 Å². The molecule has 0 heterocycles. The average molecular weight is 220 g/mol. The molecule has 4 heteroatoms. The second-order valence-electron chi connectivity index (χ2n) is 3.72. The van der Waals surface area contributed by atoms with Crippen molar-refractivity contribution < 1.29 is 9.59 Å². The van der Waals surface area contributed by atoms with Crippen molar-refractivity contribution in [2.24, 2.45) is 5.73 Å². The van der Waals surface area contributed by atoms with Crippen molar-refractivity contribution in [3.8, 4) is 0 Å². The predicted molar refractivity (Wildman–Crippen MR) is 62.2 cm³/mol. The molecule has 0 fully saturated rings. The zero-order chi connectivity index (χ0) is 12.1. The van der Waals surface area contributed by atoms with E-state index >= 15 is 0 Å². The van der Waals surface area contributed by atoms with Gasteiger partial charge in [-0.1, -0.05) is 6.92 Å². The lowest BCUT2D eigenvalue weighted by Gasteiger charge is -2.11. The normalized spacial score (nSPS) is 11.9. The number of benzene rings is 1. The van der Waals surface area contributed by atoms with Gasteiger partial charge in [0.25, 0.3) is 5.91 Å². The summed E-state index contributed by atoms with van der Waals surface area (Å²) in [5.41, 5.74) is 6.04. The maximum absolute atomic E-state index is 11.7. The van der Waals surface area contributed by atoms with Crippen LogP contribution in [0, 0.1) is 0 Å². The van der Waals surface area contributed by atoms with E-state index in [0.717, 1.165) is 6.42 Å². The van der Waals surface area contributed by atoms with Crippen molar-refractivity contribution in [2.45, 2.75) is 26.3 Å². The molecule has 1 unspecified atom stereocenters. The highest BCUT2D eigenvalue weighted by Gasteiger charge is 2.08. The van der Waals surface area contributed by atoms with Crippen LogP contribution in [0.15, 0.2) is 24.3 Å². The van der Waals surface area contributed by atoms with E-state index in [2.05, 4.69) is 5.32 Å². The summed E-state index contributed by atoms with van der Waals surface area (Å²) in [7, 11) is 0. The Morgan fingerprint density at radius 3 is 2.19 bits per heavy atom. The Balaban J connectivity index is 2.74. The molecular weight excluding hydrogens is 204 g/mol. The van der Waals surface area contributed by atoms with Gasteiger partial charge in [0.2, 0.25) is 5.91 Å². The number of hydrogen-bond donors (Lipinski definition) is 2. The molecule has 0 aliphatic heterocycles. The summed E-state index contributed by atoms with van der Waals surface area (Å²) in [5.74, 6) is -0.626. The summed E-state index contributed by atoms with van der Waals surface area (Å²) in [6.45, 7) is 3.94. The molecule has 0 radical (unpaired) electrons. The van der Waals surface area contributed by atoms with Crippen LogP contribution >= 0.6 is 0 Å². The van der Waals surface area contributed by atoms with E-state index in [1.807, 2.05) is 13.8 Å². The third-order valence-corrected chi connectivity index (χ3v) is 2.42. The average Bonchev–Trinajstić information content (AvgIpc) is 2.28. The maximum Gasteiger partial charge on any atom is 0.251 e. The quantitative estimate of drug-likeness (QED) is 0.803. The molecule has 1 aromatic carbocycles. The molecule has 0 saturated carbocycles. The van der Waals surface area contributed by atoms with E-state index < -0.39 is 5.91 Å². The molecule has 1 aromatic rings. The largest absolute Gasteiger partial charge is 0.366 e. The third-order valence-electron chi connectivity index (χ3n) is 2.42. The summed E-state index contributed by atoms with van der Waals surface area (Å²) >= 11 is 0. The first-order chi connectivity index (χ1) is 7.54.